The average Bonchev–Trinajstić information content (AvgIpc) is 2.78. The van der Waals surface area contributed by atoms with Gasteiger partial charge in [-0.25, -0.2) is 9.59 Å². The van der Waals surface area contributed by atoms with E-state index >= 15 is 0 Å². The molecule has 13 heteroatoms. The van der Waals surface area contributed by atoms with Crippen LogP contribution in [0.4, 0.5) is 0 Å². The number of ether oxygens (including phenoxy) is 1. The van der Waals surface area contributed by atoms with Gasteiger partial charge in [-0.3, -0.25) is 4.79 Å². The third-order valence-corrected chi connectivity index (χ3v) is 6.01. The van der Waals surface area contributed by atoms with Gasteiger partial charge in [0.25, 0.3) is 0 Å². The van der Waals surface area contributed by atoms with E-state index in [9.17, 15) is 24.6 Å². The lowest BCUT2D eigenvalue weighted by atomic mass is 9.90. The van der Waals surface area contributed by atoms with Gasteiger partial charge < -0.3 is 28.9 Å². The van der Waals surface area contributed by atoms with Crippen LogP contribution in [0.1, 0.15) is 17.0 Å². The van der Waals surface area contributed by atoms with Crippen LogP contribution in [0.2, 0.25) is 20.1 Å². The lowest BCUT2D eigenvalue weighted by Crippen LogP contribution is -2.28. The number of esters is 1. The van der Waals surface area contributed by atoms with Crippen molar-refractivity contribution in [3.63, 3.8) is 0 Å². The predicted molar refractivity (Wildman–Crippen MR) is 128 cm³/mol. The van der Waals surface area contributed by atoms with E-state index in [1.807, 2.05) is 0 Å². The van der Waals surface area contributed by atoms with E-state index in [2.05, 4.69) is 0 Å². The maximum atomic E-state index is 13.0. The molecule has 2 aromatic heterocycles. The number of carbonyl (C=O) groups excluding carboxylic acids is 1. The summed E-state index contributed by atoms with van der Waals surface area (Å²) in [4.78, 5) is 38.9. The van der Waals surface area contributed by atoms with Gasteiger partial charge in [0, 0.05) is 10.0 Å². The highest BCUT2D eigenvalue weighted by atomic mass is 35.5. The number of aromatic hydroxyl groups is 2. The first-order valence-electron chi connectivity index (χ1n) is 9.62. The number of carbonyl (C=O) groups is 1. The Morgan fingerprint density at radius 1 is 0.829 bits per heavy atom. The molecule has 0 aliphatic heterocycles. The second-order valence-electron chi connectivity index (χ2n) is 7.16. The molecule has 0 aliphatic carbocycles. The van der Waals surface area contributed by atoms with Crippen LogP contribution >= 0.6 is 46.4 Å². The lowest BCUT2D eigenvalue weighted by molar-refractivity contribution is -0.145. The summed E-state index contributed by atoms with van der Waals surface area (Å²) in [7, 11) is 0. The zero-order valence-electron chi connectivity index (χ0n) is 17.1. The monoisotopic (exact) mass is 560 g/mol. The number of aliphatic hydroxyl groups excluding tert-OH is 1. The molecule has 0 fully saturated rings. The van der Waals surface area contributed by atoms with Gasteiger partial charge in [0.2, 0.25) is 0 Å². The van der Waals surface area contributed by atoms with E-state index < -0.39 is 59.0 Å². The number of rotatable bonds is 5. The maximum absolute atomic E-state index is 13.0. The second-order valence-corrected chi connectivity index (χ2v) is 8.84. The molecule has 0 aliphatic rings. The third-order valence-electron chi connectivity index (χ3n) is 5.02. The molecule has 0 spiro atoms. The van der Waals surface area contributed by atoms with Crippen LogP contribution < -0.4 is 11.3 Å². The minimum Gasteiger partial charge on any atom is -0.507 e. The van der Waals surface area contributed by atoms with Gasteiger partial charge >= 0.3 is 17.2 Å². The molecular weight excluding hydrogens is 550 g/mol. The van der Waals surface area contributed by atoms with Crippen molar-refractivity contribution in [2.24, 2.45) is 0 Å². The molecule has 0 amide bonds. The van der Waals surface area contributed by atoms with Crippen molar-refractivity contribution in [1.82, 2.24) is 0 Å². The van der Waals surface area contributed by atoms with Gasteiger partial charge in [0.1, 0.15) is 24.0 Å². The summed E-state index contributed by atoms with van der Waals surface area (Å²) < 4.78 is 15.3. The Morgan fingerprint density at radius 2 is 1.26 bits per heavy atom. The standard InChI is InChI=1S/C22H12Cl4O9/c23-7-3-9-16(28)14(21(31)34-18(9)11(25)5-7)13(20(30)33-2-1-27)15-17(29)10-4-8(24)6-12(26)19(10)35-22(15)32/h3-6,13,27-29H,1-2H2. The van der Waals surface area contributed by atoms with Gasteiger partial charge in [0.05, 0.1) is 38.6 Å². The van der Waals surface area contributed by atoms with E-state index in [0.29, 0.717) is 0 Å². The van der Waals surface area contributed by atoms with Crippen LogP contribution in [0.5, 0.6) is 11.5 Å². The quantitative estimate of drug-likeness (QED) is 0.235. The Hall–Kier alpha value is -2.95. The summed E-state index contributed by atoms with van der Waals surface area (Å²) >= 11 is 24.1. The zero-order valence-corrected chi connectivity index (χ0v) is 20.1. The molecule has 4 aromatic rings. The summed E-state index contributed by atoms with van der Waals surface area (Å²) in [6.45, 7) is -1.12. The summed E-state index contributed by atoms with van der Waals surface area (Å²) in [6, 6.07) is 4.95. The summed E-state index contributed by atoms with van der Waals surface area (Å²) in [6.07, 6.45) is 0. The van der Waals surface area contributed by atoms with Gasteiger partial charge in [-0.15, -0.1) is 0 Å². The first-order valence-corrected chi connectivity index (χ1v) is 11.1. The normalized spacial score (nSPS) is 11.5. The molecule has 0 atom stereocenters. The fourth-order valence-corrected chi connectivity index (χ4v) is 4.64. The molecule has 0 radical (unpaired) electrons. The molecule has 0 unspecified atom stereocenters. The summed E-state index contributed by atoms with van der Waals surface area (Å²) in [5.41, 5.74) is -4.56. The Labute approximate surface area is 214 Å². The Kier molecular flexibility index (Phi) is 6.90. The molecular formula is C22H12Cl4O9. The minimum atomic E-state index is -2.06. The first kappa shape index (κ1) is 25.2. The van der Waals surface area contributed by atoms with Gasteiger partial charge in [-0.05, 0) is 24.3 Å². The van der Waals surface area contributed by atoms with Gasteiger partial charge in [-0.2, -0.15) is 0 Å². The number of aliphatic hydroxyl groups is 1. The highest BCUT2D eigenvalue weighted by Crippen LogP contribution is 2.42. The summed E-state index contributed by atoms with van der Waals surface area (Å²) in [5.74, 6) is -4.97. The maximum Gasteiger partial charge on any atom is 0.344 e. The SMILES string of the molecule is O=C(OCCO)C(c1c(O)c2cc(Cl)cc(Cl)c2oc1=O)c1c(O)c2cc(Cl)cc(Cl)c2oc1=O. The largest absolute Gasteiger partial charge is 0.507 e. The molecule has 0 bridgehead atoms. The van der Waals surface area contributed by atoms with Crippen LogP contribution in [0.25, 0.3) is 21.9 Å². The number of hydrogen-bond donors (Lipinski definition) is 3. The van der Waals surface area contributed by atoms with E-state index in [0.717, 1.165) is 0 Å². The predicted octanol–water partition coefficient (Wildman–Crippen LogP) is 4.59. The van der Waals surface area contributed by atoms with E-state index in [4.69, 9.17) is 65.1 Å². The highest BCUT2D eigenvalue weighted by Gasteiger charge is 2.38. The third kappa shape index (κ3) is 4.41. The highest BCUT2D eigenvalue weighted by molar-refractivity contribution is 6.39. The van der Waals surface area contributed by atoms with E-state index in [-0.39, 0.29) is 42.0 Å². The number of hydrogen-bond acceptors (Lipinski definition) is 9. The van der Waals surface area contributed by atoms with Crippen LogP contribution in [0.3, 0.4) is 0 Å². The first-order chi connectivity index (χ1) is 16.5. The fourth-order valence-electron chi connectivity index (χ4n) is 3.58. The van der Waals surface area contributed by atoms with Crippen LogP contribution in [0, 0.1) is 0 Å². The van der Waals surface area contributed by atoms with Crippen LogP contribution in [-0.4, -0.2) is 34.5 Å². The number of fused-ring (bicyclic) bond motifs is 2. The lowest BCUT2D eigenvalue weighted by Gasteiger charge is -2.18. The molecule has 2 aromatic carbocycles. The number of halogens is 4. The van der Waals surface area contributed by atoms with Crippen molar-refractivity contribution < 1.29 is 33.7 Å². The van der Waals surface area contributed by atoms with Gasteiger partial charge in [0.15, 0.2) is 11.2 Å². The topological polar surface area (TPSA) is 147 Å². The summed E-state index contributed by atoms with van der Waals surface area (Å²) in [5, 5.41) is 30.6. The molecule has 3 N–H and O–H groups in total. The van der Waals surface area contributed by atoms with Crippen molar-refractivity contribution in [3.8, 4) is 11.5 Å². The Bertz CT molecular complexity index is 1510. The minimum absolute atomic E-state index is 0.0642. The molecule has 182 valence electrons. The van der Waals surface area contributed by atoms with E-state index in [1.54, 1.807) is 0 Å². The smallest absolute Gasteiger partial charge is 0.344 e. The molecule has 35 heavy (non-hydrogen) atoms. The molecule has 4 rings (SSSR count). The van der Waals surface area contributed by atoms with Crippen molar-refractivity contribution in [1.29, 1.82) is 0 Å². The molecule has 2 heterocycles. The molecule has 0 saturated heterocycles. The van der Waals surface area contributed by atoms with Crippen LogP contribution in [0.15, 0.2) is 42.7 Å². The molecule has 0 saturated carbocycles. The average molecular weight is 562 g/mol. The fraction of sp³-hybridized carbons (Fsp3) is 0.136. The zero-order chi connectivity index (χ0) is 25.6. The van der Waals surface area contributed by atoms with Gasteiger partial charge in [-0.1, -0.05) is 46.4 Å². The molecule has 9 nitrogen and oxygen atoms in total. The second kappa shape index (κ2) is 9.60. The van der Waals surface area contributed by atoms with Crippen molar-refractivity contribution in [2.45, 2.75) is 5.92 Å². The van der Waals surface area contributed by atoms with Crippen LogP contribution in [-0.2, 0) is 9.53 Å². The Balaban J connectivity index is 2.11. The van der Waals surface area contributed by atoms with Crippen molar-refractivity contribution >= 4 is 74.3 Å². The van der Waals surface area contributed by atoms with Crippen molar-refractivity contribution in [3.05, 3.63) is 76.3 Å². The Morgan fingerprint density at radius 3 is 1.66 bits per heavy atom. The van der Waals surface area contributed by atoms with Crippen molar-refractivity contribution in [2.75, 3.05) is 13.2 Å². The number of benzene rings is 2. The van der Waals surface area contributed by atoms with E-state index in [1.165, 1.54) is 24.3 Å².